The Bertz CT molecular complexity index is 201. The fourth-order valence-electron chi connectivity index (χ4n) is 2.54. The van der Waals surface area contributed by atoms with Gasteiger partial charge in [0.05, 0.1) is 6.10 Å². The van der Waals surface area contributed by atoms with E-state index in [1.165, 1.54) is 32.1 Å². The van der Waals surface area contributed by atoms with E-state index in [0.29, 0.717) is 24.7 Å². The minimum atomic E-state index is 0.360. The lowest BCUT2D eigenvalue weighted by Gasteiger charge is -2.30. The topological polar surface area (TPSA) is 26.3 Å². The first-order valence-corrected chi connectivity index (χ1v) is 6.91. The van der Waals surface area contributed by atoms with Gasteiger partial charge in [0, 0.05) is 19.4 Å². The van der Waals surface area contributed by atoms with Crippen LogP contribution in [-0.4, -0.2) is 18.5 Å². The molecular formula is C14H26O2. The van der Waals surface area contributed by atoms with Gasteiger partial charge in [-0.2, -0.15) is 0 Å². The Labute approximate surface area is 99.8 Å². The molecule has 0 aromatic rings. The van der Waals surface area contributed by atoms with Crippen LogP contribution in [0.25, 0.3) is 0 Å². The average Bonchev–Trinajstić information content (AvgIpc) is 2.34. The highest BCUT2D eigenvalue weighted by Gasteiger charge is 2.23. The van der Waals surface area contributed by atoms with E-state index in [2.05, 4.69) is 6.92 Å². The summed E-state index contributed by atoms with van der Waals surface area (Å²) in [6, 6.07) is 0. The van der Waals surface area contributed by atoms with E-state index in [4.69, 9.17) is 4.74 Å². The summed E-state index contributed by atoms with van der Waals surface area (Å²) in [5.74, 6) is 1.12. The Morgan fingerprint density at radius 1 is 1.25 bits per heavy atom. The number of hydrogen-bond acceptors (Lipinski definition) is 2. The van der Waals surface area contributed by atoms with Crippen LogP contribution in [0, 0.1) is 5.92 Å². The maximum Gasteiger partial charge on any atom is 0.132 e. The van der Waals surface area contributed by atoms with Crippen LogP contribution in [0.5, 0.6) is 0 Å². The van der Waals surface area contributed by atoms with Crippen molar-refractivity contribution in [2.45, 2.75) is 71.3 Å². The predicted molar refractivity (Wildman–Crippen MR) is 66.5 cm³/mol. The van der Waals surface area contributed by atoms with E-state index in [-0.39, 0.29) is 0 Å². The molecular weight excluding hydrogens is 200 g/mol. The van der Waals surface area contributed by atoms with Crippen molar-refractivity contribution < 1.29 is 9.53 Å². The number of carbonyl (C=O) groups is 1. The second kappa shape index (κ2) is 7.83. The fourth-order valence-corrected chi connectivity index (χ4v) is 2.54. The molecule has 0 amide bonds. The summed E-state index contributed by atoms with van der Waals surface area (Å²) >= 11 is 0. The lowest BCUT2D eigenvalue weighted by Crippen LogP contribution is -2.27. The molecule has 1 saturated carbocycles. The summed E-state index contributed by atoms with van der Waals surface area (Å²) in [6.07, 6.45) is 9.20. The Morgan fingerprint density at radius 2 is 2.00 bits per heavy atom. The van der Waals surface area contributed by atoms with Crippen molar-refractivity contribution in [3.63, 3.8) is 0 Å². The Morgan fingerprint density at radius 3 is 2.69 bits per heavy atom. The molecule has 1 aliphatic carbocycles. The van der Waals surface area contributed by atoms with Gasteiger partial charge in [-0.15, -0.1) is 0 Å². The molecule has 0 aromatic carbocycles. The van der Waals surface area contributed by atoms with Gasteiger partial charge in [0.25, 0.3) is 0 Å². The smallest absolute Gasteiger partial charge is 0.132 e. The third-order valence-electron chi connectivity index (χ3n) is 3.69. The van der Waals surface area contributed by atoms with Crippen LogP contribution in [0.15, 0.2) is 0 Å². The van der Waals surface area contributed by atoms with Gasteiger partial charge in [0.1, 0.15) is 5.78 Å². The van der Waals surface area contributed by atoms with Gasteiger partial charge in [-0.1, -0.05) is 33.1 Å². The molecule has 1 aliphatic rings. The number of rotatable bonds is 7. The molecule has 0 aliphatic heterocycles. The van der Waals surface area contributed by atoms with Crippen molar-refractivity contribution in [2.75, 3.05) is 6.61 Å². The lowest BCUT2D eigenvalue weighted by atomic mass is 9.85. The van der Waals surface area contributed by atoms with Crippen LogP contribution in [0.1, 0.15) is 65.2 Å². The van der Waals surface area contributed by atoms with Gasteiger partial charge >= 0.3 is 0 Å². The van der Waals surface area contributed by atoms with Crippen LogP contribution in [0.4, 0.5) is 0 Å². The van der Waals surface area contributed by atoms with Crippen LogP contribution < -0.4 is 0 Å². The summed E-state index contributed by atoms with van der Waals surface area (Å²) in [7, 11) is 0. The van der Waals surface area contributed by atoms with Gasteiger partial charge in [-0.05, 0) is 25.2 Å². The summed E-state index contributed by atoms with van der Waals surface area (Å²) in [6.45, 7) is 4.96. The van der Waals surface area contributed by atoms with Gasteiger partial charge < -0.3 is 4.74 Å². The predicted octanol–water partition coefficient (Wildman–Crippen LogP) is 3.73. The first kappa shape index (κ1) is 13.7. The highest BCUT2D eigenvalue weighted by Crippen LogP contribution is 2.29. The first-order chi connectivity index (χ1) is 7.77. The number of Topliss-reactive ketones (excluding diaryl/α,β-unsaturated/α-hetero) is 1. The Balaban J connectivity index is 2.13. The molecule has 2 unspecified atom stereocenters. The minimum Gasteiger partial charge on any atom is -0.378 e. The van der Waals surface area contributed by atoms with E-state index in [0.717, 1.165) is 18.9 Å². The van der Waals surface area contributed by atoms with Crippen LogP contribution >= 0.6 is 0 Å². The van der Waals surface area contributed by atoms with Crippen LogP contribution in [0.3, 0.4) is 0 Å². The van der Waals surface area contributed by atoms with E-state index in [9.17, 15) is 4.79 Å². The number of hydrogen-bond donors (Lipinski definition) is 0. The van der Waals surface area contributed by atoms with Crippen molar-refractivity contribution in [1.29, 1.82) is 0 Å². The first-order valence-electron chi connectivity index (χ1n) is 6.91. The SMILES string of the molecule is CCC(=O)CCCOC1CCCCC1CC. The van der Waals surface area contributed by atoms with E-state index < -0.39 is 0 Å². The molecule has 2 atom stereocenters. The molecule has 0 spiro atoms. The molecule has 2 heteroatoms. The van der Waals surface area contributed by atoms with Gasteiger partial charge in [-0.3, -0.25) is 4.79 Å². The molecule has 1 fully saturated rings. The molecule has 0 heterocycles. The fraction of sp³-hybridized carbons (Fsp3) is 0.929. The van der Waals surface area contributed by atoms with Crippen molar-refractivity contribution >= 4 is 5.78 Å². The van der Waals surface area contributed by atoms with Crippen LogP contribution in [-0.2, 0) is 9.53 Å². The van der Waals surface area contributed by atoms with E-state index >= 15 is 0 Å². The van der Waals surface area contributed by atoms with E-state index in [1.54, 1.807) is 0 Å². The van der Waals surface area contributed by atoms with Crippen molar-refractivity contribution in [2.24, 2.45) is 5.92 Å². The Kier molecular flexibility index (Phi) is 6.70. The van der Waals surface area contributed by atoms with Crippen molar-refractivity contribution in [1.82, 2.24) is 0 Å². The highest BCUT2D eigenvalue weighted by atomic mass is 16.5. The standard InChI is InChI=1S/C14H26O2/c1-3-12-8-5-6-10-14(12)16-11-7-9-13(15)4-2/h12,14H,3-11H2,1-2H3. The quantitative estimate of drug-likeness (QED) is 0.618. The average molecular weight is 226 g/mol. The largest absolute Gasteiger partial charge is 0.378 e. The molecule has 94 valence electrons. The molecule has 0 radical (unpaired) electrons. The van der Waals surface area contributed by atoms with Crippen LogP contribution in [0.2, 0.25) is 0 Å². The maximum absolute atomic E-state index is 11.1. The molecule has 0 N–H and O–H groups in total. The highest BCUT2D eigenvalue weighted by molar-refractivity contribution is 5.77. The normalized spacial score (nSPS) is 25.6. The molecule has 0 saturated heterocycles. The molecule has 2 nitrogen and oxygen atoms in total. The maximum atomic E-state index is 11.1. The van der Waals surface area contributed by atoms with Crippen molar-refractivity contribution in [3.8, 4) is 0 Å². The summed E-state index contributed by atoms with van der Waals surface area (Å²) in [4.78, 5) is 11.1. The lowest BCUT2D eigenvalue weighted by molar-refractivity contribution is -0.119. The minimum absolute atomic E-state index is 0.360. The third-order valence-corrected chi connectivity index (χ3v) is 3.69. The zero-order chi connectivity index (χ0) is 11.8. The summed E-state index contributed by atoms with van der Waals surface area (Å²) in [5.41, 5.74) is 0. The monoisotopic (exact) mass is 226 g/mol. The number of carbonyl (C=O) groups excluding carboxylic acids is 1. The third kappa shape index (κ3) is 4.65. The number of ketones is 1. The zero-order valence-electron chi connectivity index (χ0n) is 10.8. The molecule has 16 heavy (non-hydrogen) atoms. The molecule has 0 bridgehead atoms. The van der Waals surface area contributed by atoms with Gasteiger partial charge in [-0.25, -0.2) is 0 Å². The number of ether oxygens (including phenoxy) is 1. The Hall–Kier alpha value is -0.370. The van der Waals surface area contributed by atoms with Gasteiger partial charge in [0.2, 0.25) is 0 Å². The van der Waals surface area contributed by atoms with Crippen molar-refractivity contribution in [3.05, 3.63) is 0 Å². The van der Waals surface area contributed by atoms with E-state index in [1.807, 2.05) is 6.92 Å². The summed E-state index contributed by atoms with van der Waals surface area (Å²) in [5, 5.41) is 0. The molecule has 0 aromatic heterocycles. The summed E-state index contributed by atoms with van der Waals surface area (Å²) < 4.78 is 5.93. The zero-order valence-corrected chi connectivity index (χ0v) is 10.8. The second-order valence-corrected chi connectivity index (χ2v) is 4.86. The second-order valence-electron chi connectivity index (χ2n) is 4.86. The van der Waals surface area contributed by atoms with Gasteiger partial charge in [0.15, 0.2) is 0 Å². The molecule has 1 rings (SSSR count).